The summed E-state index contributed by atoms with van der Waals surface area (Å²) in [6.07, 6.45) is -2.80. The number of alkyl halides is 3. The first-order valence-electron chi connectivity index (χ1n) is 11.7. The molecule has 0 aromatic heterocycles. The number of nitrogens with zero attached hydrogens (tertiary/aromatic N) is 2. The maximum absolute atomic E-state index is 13.7. The van der Waals surface area contributed by atoms with Crippen LogP contribution >= 0.6 is 0 Å². The molecule has 190 valence electrons. The quantitative estimate of drug-likeness (QED) is 0.554. The molecule has 0 spiro atoms. The predicted molar refractivity (Wildman–Crippen MR) is 124 cm³/mol. The number of rotatable bonds is 8. The first-order chi connectivity index (χ1) is 16.8. The van der Waals surface area contributed by atoms with E-state index in [0.29, 0.717) is 57.3 Å². The van der Waals surface area contributed by atoms with Gasteiger partial charge < -0.3 is 19.7 Å². The number of ether oxygens (including phenoxy) is 2. The van der Waals surface area contributed by atoms with Gasteiger partial charge in [-0.3, -0.25) is 9.69 Å². The molecule has 1 N–H and O–H groups in total. The highest BCUT2D eigenvalue weighted by atomic mass is 19.4. The van der Waals surface area contributed by atoms with Gasteiger partial charge in [-0.2, -0.15) is 13.2 Å². The van der Waals surface area contributed by atoms with E-state index in [2.05, 4.69) is 5.32 Å². The molecule has 2 fully saturated rings. The molecule has 2 aromatic rings. The minimum absolute atomic E-state index is 0.0474. The van der Waals surface area contributed by atoms with E-state index < -0.39 is 17.6 Å². The molecule has 1 unspecified atom stereocenters. The zero-order valence-electron chi connectivity index (χ0n) is 19.3. The third-order valence-electron chi connectivity index (χ3n) is 6.10. The standard InChI is InChI=1S/C25H29F4N3O3/c26-20-4-1-3-18(13-20)15-31(16-21-5-2-10-35-21)17-24(33)30-22-14-19(25(27,28)29)6-7-23(22)32-8-11-34-12-9-32/h1,3-4,6-7,13-14,21H,2,5,8-12,15-17H2,(H,30,33). The number of amides is 1. The number of halogens is 4. The number of hydrogen-bond donors (Lipinski definition) is 1. The van der Waals surface area contributed by atoms with Crippen molar-refractivity contribution in [3.63, 3.8) is 0 Å². The minimum Gasteiger partial charge on any atom is -0.378 e. The highest BCUT2D eigenvalue weighted by Gasteiger charge is 2.32. The van der Waals surface area contributed by atoms with Crippen LogP contribution in [0.1, 0.15) is 24.0 Å². The molecule has 35 heavy (non-hydrogen) atoms. The maximum Gasteiger partial charge on any atom is 0.416 e. The highest BCUT2D eigenvalue weighted by Crippen LogP contribution is 2.35. The van der Waals surface area contributed by atoms with E-state index in [4.69, 9.17) is 9.47 Å². The SMILES string of the molecule is O=C(CN(Cc1cccc(F)c1)CC1CCCO1)Nc1cc(C(F)(F)F)ccc1N1CCOCC1. The van der Waals surface area contributed by atoms with Crippen molar-refractivity contribution in [2.75, 3.05) is 56.2 Å². The van der Waals surface area contributed by atoms with Gasteiger partial charge in [0.2, 0.25) is 5.91 Å². The van der Waals surface area contributed by atoms with Crippen LogP contribution in [0.2, 0.25) is 0 Å². The Morgan fingerprint density at radius 2 is 1.91 bits per heavy atom. The number of morpholine rings is 1. The second-order valence-electron chi connectivity index (χ2n) is 8.81. The molecular formula is C25H29F4N3O3. The third kappa shape index (κ3) is 7.16. The maximum atomic E-state index is 13.7. The lowest BCUT2D eigenvalue weighted by Crippen LogP contribution is -2.39. The molecule has 0 aliphatic carbocycles. The van der Waals surface area contributed by atoms with E-state index in [9.17, 15) is 22.4 Å². The first-order valence-corrected chi connectivity index (χ1v) is 11.7. The molecule has 2 aromatic carbocycles. The van der Waals surface area contributed by atoms with Gasteiger partial charge in [-0.05, 0) is 48.7 Å². The highest BCUT2D eigenvalue weighted by molar-refractivity contribution is 5.95. The number of anilines is 2. The lowest BCUT2D eigenvalue weighted by atomic mass is 10.1. The summed E-state index contributed by atoms with van der Waals surface area (Å²) in [6.45, 7) is 3.28. The van der Waals surface area contributed by atoms with Crippen molar-refractivity contribution in [2.45, 2.75) is 31.7 Å². The molecule has 2 heterocycles. The molecule has 0 bridgehead atoms. The Labute approximate surface area is 201 Å². The van der Waals surface area contributed by atoms with Crippen LogP contribution in [-0.4, -0.2) is 62.9 Å². The number of benzene rings is 2. The second-order valence-corrected chi connectivity index (χ2v) is 8.81. The fourth-order valence-electron chi connectivity index (χ4n) is 4.44. The summed E-state index contributed by atoms with van der Waals surface area (Å²) in [6, 6.07) is 9.51. The molecule has 4 rings (SSSR count). The van der Waals surface area contributed by atoms with E-state index in [1.54, 1.807) is 12.1 Å². The summed E-state index contributed by atoms with van der Waals surface area (Å²) >= 11 is 0. The zero-order chi connectivity index (χ0) is 24.8. The Bertz CT molecular complexity index is 1010. The predicted octanol–water partition coefficient (Wildman–Crippen LogP) is 4.30. The van der Waals surface area contributed by atoms with Crippen LogP contribution in [0, 0.1) is 5.82 Å². The Balaban J connectivity index is 1.52. The summed E-state index contributed by atoms with van der Waals surface area (Å²) in [7, 11) is 0. The average molecular weight is 496 g/mol. The lowest BCUT2D eigenvalue weighted by molar-refractivity contribution is -0.137. The normalized spacial score (nSPS) is 18.8. The molecule has 1 amide bonds. The average Bonchev–Trinajstić information content (AvgIpc) is 3.32. The van der Waals surface area contributed by atoms with Gasteiger partial charge in [-0.25, -0.2) is 4.39 Å². The van der Waals surface area contributed by atoms with Crippen molar-refractivity contribution in [3.8, 4) is 0 Å². The van der Waals surface area contributed by atoms with Crippen LogP contribution in [-0.2, 0) is 27.0 Å². The van der Waals surface area contributed by atoms with Gasteiger partial charge in [0, 0.05) is 32.8 Å². The van der Waals surface area contributed by atoms with Crippen LogP contribution in [0.15, 0.2) is 42.5 Å². The summed E-state index contributed by atoms with van der Waals surface area (Å²) < 4.78 is 64.9. The van der Waals surface area contributed by atoms with Crippen molar-refractivity contribution < 1.29 is 31.8 Å². The number of carbonyl (C=O) groups is 1. The van der Waals surface area contributed by atoms with Crippen LogP contribution < -0.4 is 10.2 Å². The molecule has 0 radical (unpaired) electrons. The molecule has 2 aliphatic rings. The second kappa shape index (κ2) is 11.4. The van der Waals surface area contributed by atoms with Gasteiger partial charge in [0.05, 0.1) is 42.8 Å². The summed E-state index contributed by atoms with van der Waals surface area (Å²) in [5.74, 6) is -0.823. The van der Waals surface area contributed by atoms with E-state index in [1.807, 2.05) is 9.80 Å². The Morgan fingerprint density at radius 1 is 1.11 bits per heavy atom. The van der Waals surface area contributed by atoms with Crippen LogP contribution in [0.3, 0.4) is 0 Å². The van der Waals surface area contributed by atoms with E-state index in [1.165, 1.54) is 18.2 Å². The van der Waals surface area contributed by atoms with Crippen LogP contribution in [0.25, 0.3) is 0 Å². The Kier molecular flexibility index (Phi) is 8.25. The topological polar surface area (TPSA) is 54.0 Å². The molecule has 1 atom stereocenters. The van der Waals surface area contributed by atoms with Gasteiger partial charge in [-0.15, -0.1) is 0 Å². The molecular weight excluding hydrogens is 466 g/mol. The summed E-state index contributed by atoms with van der Waals surface area (Å²) in [5, 5.41) is 2.69. The largest absolute Gasteiger partial charge is 0.416 e. The first kappa shape index (κ1) is 25.4. The van der Waals surface area contributed by atoms with Gasteiger partial charge in [0.15, 0.2) is 0 Å². The van der Waals surface area contributed by atoms with E-state index in [0.717, 1.165) is 25.0 Å². The Hall–Kier alpha value is -2.69. The fourth-order valence-corrected chi connectivity index (χ4v) is 4.44. The van der Waals surface area contributed by atoms with Crippen molar-refractivity contribution in [1.82, 2.24) is 4.90 Å². The van der Waals surface area contributed by atoms with Gasteiger partial charge >= 0.3 is 6.18 Å². The van der Waals surface area contributed by atoms with Crippen molar-refractivity contribution in [2.24, 2.45) is 0 Å². The molecule has 0 saturated carbocycles. The lowest BCUT2D eigenvalue weighted by Gasteiger charge is -2.31. The molecule has 6 nitrogen and oxygen atoms in total. The minimum atomic E-state index is -4.54. The summed E-state index contributed by atoms with van der Waals surface area (Å²) in [5.41, 5.74) is 0.490. The smallest absolute Gasteiger partial charge is 0.378 e. The van der Waals surface area contributed by atoms with Crippen molar-refractivity contribution >= 4 is 17.3 Å². The molecule has 2 saturated heterocycles. The van der Waals surface area contributed by atoms with E-state index in [-0.39, 0.29) is 24.2 Å². The third-order valence-corrected chi connectivity index (χ3v) is 6.10. The van der Waals surface area contributed by atoms with Gasteiger partial charge in [0.25, 0.3) is 0 Å². The van der Waals surface area contributed by atoms with Crippen LogP contribution in [0.5, 0.6) is 0 Å². The van der Waals surface area contributed by atoms with Crippen LogP contribution in [0.4, 0.5) is 28.9 Å². The number of carbonyl (C=O) groups excluding carboxylic acids is 1. The zero-order valence-corrected chi connectivity index (χ0v) is 19.3. The fraction of sp³-hybridized carbons (Fsp3) is 0.480. The molecule has 10 heteroatoms. The molecule has 2 aliphatic heterocycles. The summed E-state index contributed by atoms with van der Waals surface area (Å²) in [4.78, 5) is 16.8. The number of nitrogens with one attached hydrogen (secondary N) is 1. The Morgan fingerprint density at radius 3 is 2.60 bits per heavy atom. The van der Waals surface area contributed by atoms with E-state index >= 15 is 0 Å². The number of hydrogen-bond acceptors (Lipinski definition) is 5. The monoisotopic (exact) mass is 495 g/mol. The van der Waals surface area contributed by atoms with Gasteiger partial charge in [0.1, 0.15) is 5.82 Å². The van der Waals surface area contributed by atoms with Crippen molar-refractivity contribution in [3.05, 3.63) is 59.4 Å². The van der Waals surface area contributed by atoms with Gasteiger partial charge in [-0.1, -0.05) is 12.1 Å². The van der Waals surface area contributed by atoms with Crippen molar-refractivity contribution in [1.29, 1.82) is 0 Å².